The predicted octanol–water partition coefficient (Wildman–Crippen LogP) is 3.59. The van der Waals surface area contributed by atoms with Gasteiger partial charge in [-0.1, -0.05) is 0 Å². The van der Waals surface area contributed by atoms with Gasteiger partial charge in [0.15, 0.2) is 0 Å². The van der Waals surface area contributed by atoms with Crippen molar-refractivity contribution in [3.8, 4) is 0 Å². The van der Waals surface area contributed by atoms with Crippen LogP contribution < -0.4 is 10.6 Å². The molecule has 0 aliphatic heterocycles. The van der Waals surface area contributed by atoms with Crippen molar-refractivity contribution in [2.75, 3.05) is 18.4 Å². The highest BCUT2D eigenvalue weighted by Crippen LogP contribution is 2.38. The van der Waals surface area contributed by atoms with E-state index in [9.17, 15) is 14.9 Å². The normalized spacial score (nSPS) is 13.7. The molecule has 1 aliphatic rings. The topological polar surface area (TPSA) is 89.2 Å². The minimum absolute atomic E-state index is 0.0556. The van der Waals surface area contributed by atoms with Crippen LogP contribution in [-0.4, -0.2) is 28.5 Å². The van der Waals surface area contributed by atoms with Crippen molar-refractivity contribution in [1.82, 2.24) is 9.88 Å². The molecule has 3 rings (SSSR count). The summed E-state index contributed by atoms with van der Waals surface area (Å²) < 4.78 is 2.35. The molecule has 7 heteroatoms. The lowest BCUT2D eigenvalue weighted by molar-refractivity contribution is -0.384. The SMILES string of the molecule is Cc1cc(/C=C/C(=O)NCCNc2ccc([N+](=O)[O-])cc2)c(C)n1C1CC1. The third-order valence-electron chi connectivity index (χ3n) is 4.68. The van der Waals surface area contributed by atoms with Gasteiger partial charge in [0.2, 0.25) is 5.91 Å². The van der Waals surface area contributed by atoms with Crippen LogP contribution >= 0.6 is 0 Å². The number of carbonyl (C=O) groups is 1. The number of carbonyl (C=O) groups excluding carboxylic acids is 1. The van der Waals surface area contributed by atoms with Gasteiger partial charge in [-0.25, -0.2) is 0 Å². The molecule has 0 unspecified atom stereocenters. The molecule has 1 amide bonds. The van der Waals surface area contributed by atoms with E-state index in [1.54, 1.807) is 18.2 Å². The molecular weight excluding hydrogens is 344 g/mol. The van der Waals surface area contributed by atoms with E-state index in [4.69, 9.17) is 0 Å². The number of nitrogens with zero attached hydrogens (tertiary/aromatic N) is 2. The summed E-state index contributed by atoms with van der Waals surface area (Å²) in [4.78, 5) is 22.2. The van der Waals surface area contributed by atoms with Gasteiger partial charge in [0.25, 0.3) is 5.69 Å². The molecule has 1 aromatic carbocycles. The fourth-order valence-electron chi connectivity index (χ4n) is 3.18. The number of benzene rings is 1. The van der Waals surface area contributed by atoms with E-state index in [1.807, 2.05) is 6.08 Å². The average molecular weight is 368 g/mol. The first kappa shape index (κ1) is 18.7. The number of amides is 1. The first-order valence-corrected chi connectivity index (χ1v) is 9.08. The van der Waals surface area contributed by atoms with Gasteiger partial charge in [0.05, 0.1) is 4.92 Å². The van der Waals surface area contributed by atoms with Crippen molar-refractivity contribution in [2.24, 2.45) is 0 Å². The predicted molar refractivity (Wildman–Crippen MR) is 106 cm³/mol. The minimum Gasteiger partial charge on any atom is -0.383 e. The smallest absolute Gasteiger partial charge is 0.269 e. The van der Waals surface area contributed by atoms with Gasteiger partial charge >= 0.3 is 0 Å². The van der Waals surface area contributed by atoms with Gasteiger partial charge in [-0.2, -0.15) is 0 Å². The van der Waals surface area contributed by atoms with Crippen molar-refractivity contribution < 1.29 is 9.72 Å². The number of aryl methyl sites for hydroxylation is 1. The highest BCUT2D eigenvalue weighted by atomic mass is 16.6. The highest BCUT2D eigenvalue weighted by molar-refractivity contribution is 5.91. The molecule has 1 aromatic heterocycles. The first-order chi connectivity index (χ1) is 13.0. The molecule has 1 heterocycles. The Balaban J connectivity index is 1.44. The molecule has 0 saturated heterocycles. The molecule has 0 radical (unpaired) electrons. The van der Waals surface area contributed by atoms with E-state index in [0.29, 0.717) is 19.1 Å². The molecule has 2 N–H and O–H groups in total. The fraction of sp³-hybridized carbons (Fsp3) is 0.350. The molecule has 1 fully saturated rings. The molecule has 7 nitrogen and oxygen atoms in total. The number of aromatic nitrogens is 1. The second kappa shape index (κ2) is 8.07. The lowest BCUT2D eigenvalue weighted by atomic mass is 10.2. The van der Waals surface area contributed by atoms with Crippen LogP contribution in [0.2, 0.25) is 0 Å². The van der Waals surface area contributed by atoms with Crippen LogP contribution in [0.15, 0.2) is 36.4 Å². The quantitative estimate of drug-likeness (QED) is 0.322. The number of nitrogens with one attached hydrogen (secondary N) is 2. The summed E-state index contributed by atoms with van der Waals surface area (Å²) >= 11 is 0. The first-order valence-electron chi connectivity index (χ1n) is 9.08. The van der Waals surface area contributed by atoms with Gasteiger partial charge in [-0.05, 0) is 56.5 Å². The van der Waals surface area contributed by atoms with Crippen LogP contribution in [0.4, 0.5) is 11.4 Å². The standard InChI is InChI=1S/C20H24N4O3/c1-14-13-16(15(2)23(14)18-8-9-18)3-10-20(25)22-12-11-21-17-4-6-19(7-5-17)24(26)27/h3-7,10,13,18,21H,8-9,11-12H2,1-2H3,(H,22,25)/b10-3+. The molecule has 0 spiro atoms. The third-order valence-corrected chi connectivity index (χ3v) is 4.68. The molecule has 1 aliphatic carbocycles. The van der Waals surface area contributed by atoms with Gasteiger partial charge in [0, 0.05) is 54.4 Å². The zero-order chi connectivity index (χ0) is 19.4. The Bertz CT molecular complexity index is 864. The Kier molecular flexibility index (Phi) is 5.59. The number of anilines is 1. The summed E-state index contributed by atoms with van der Waals surface area (Å²) in [5, 5.41) is 16.6. The number of hydrogen-bond acceptors (Lipinski definition) is 4. The van der Waals surface area contributed by atoms with Crippen molar-refractivity contribution in [2.45, 2.75) is 32.7 Å². The maximum absolute atomic E-state index is 12.0. The Labute approximate surface area is 158 Å². The minimum atomic E-state index is -0.432. The summed E-state index contributed by atoms with van der Waals surface area (Å²) in [6.07, 6.45) is 5.90. The lowest BCUT2D eigenvalue weighted by Crippen LogP contribution is -2.27. The monoisotopic (exact) mass is 368 g/mol. The van der Waals surface area contributed by atoms with Gasteiger partial charge in [-0.3, -0.25) is 14.9 Å². The Hall–Kier alpha value is -3.09. The molecule has 142 valence electrons. The Morgan fingerprint density at radius 2 is 1.96 bits per heavy atom. The Morgan fingerprint density at radius 3 is 2.59 bits per heavy atom. The third kappa shape index (κ3) is 4.75. The second-order valence-electron chi connectivity index (χ2n) is 6.78. The Morgan fingerprint density at radius 1 is 1.26 bits per heavy atom. The number of nitro benzene ring substituents is 1. The van der Waals surface area contributed by atoms with Gasteiger partial charge < -0.3 is 15.2 Å². The van der Waals surface area contributed by atoms with Crippen LogP contribution in [0.1, 0.15) is 35.8 Å². The maximum atomic E-state index is 12.0. The van der Waals surface area contributed by atoms with Crippen LogP contribution in [0.25, 0.3) is 6.08 Å². The van der Waals surface area contributed by atoms with Crippen molar-refractivity contribution in [3.05, 3.63) is 63.5 Å². The zero-order valence-corrected chi connectivity index (χ0v) is 15.6. The molecular formula is C20H24N4O3. The molecule has 0 bridgehead atoms. The van der Waals surface area contributed by atoms with Crippen LogP contribution in [-0.2, 0) is 4.79 Å². The fourth-order valence-corrected chi connectivity index (χ4v) is 3.18. The summed E-state index contributed by atoms with van der Waals surface area (Å²) in [6, 6.07) is 8.94. The largest absolute Gasteiger partial charge is 0.383 e. The van der Waals surface area contributed by atoms with Crippen molar-refractivity contribution in [1.29, 1.82) is 0 Å². The zero-order valence-electron chi connectivity index (χ0n) is 15.6. The summed E-state index contributed by atoms with van der Waals surface area (Å²) in [5.41, 5.74) is 4.36. The van der Waals surface area contributed by atoms with Crippen molar-refractivity contribution in [3.63, 3.8) is 0 Å². The van der Waals surface area contributed by atoms with E-state index in [1.165, 1.54) is 36.4 Å². The number of non-ortho nitro benzene ring substituents is 1. The molecule has 2 aromatic rings. The average Bonchev–Trinajstić information content (AvgIpc) is 3.43. The van der Waals surface area contributed by atoms with E-state index in [2.05, 4.69) is 35.1 Å². The number of rotatable bonds is 8. The summed E-state index contributed by atoms with van der Waals surface area (Å²) in [5.74, 6) is -0.142. The van der Waals surface area contributed by atoms with Crippen molar-refractivity contribution >= 4 is 23.4 Å². The summed E-state index contributed by atoms with van der Waals surface area (Å²) in [6.45, 7) is 5.19. The lowest BCUT2D eigenvalue weighted by Gasteiger charge is -2.07. The van der Waals surface area contributed by atoms with E-state index in [-0.39, 0.29) is 11.6 Å². The van der Waals surface area contributed by atoms with Crippen LogP contribution in [0.5, 0.6) is 0 Å². The van der Waals surface area contributed by atoms with E-state index < -0.39 is 4.92 Å². The van der Waals surface area contributed by atoms with Gasteiger partial charge in [0.1, 0.15) is 0 Å². The van der Waals surface area contributed by atoms with Crippen LogP contribution in [0.3, 0.4) is 0 Å². The molecule has 27 heavy (non-hydrogen) atoms. The molecule has 1 saturated carbocycles. The summed E-state index contributed by atoms with van der Waals surface area (Å²) in [7, 11) is 0. The second-order valence-corrected chi connectivity index (χ2v) is 6.78. The number of nitro groups is 1. The number of hydrogen-bond donors (Lipinski definition) is 2. The van der Waals surface area contributed by atoms with Gasteiger partial charge in [-0.15, -0.1) is 0 Å². The van der Waals surface area contributed by atoms with Crippen LogP contribution in [0, 0.1) is 24.0 Å². The highest BCUT2D eigenvalue weighted by Gasteiger charge is 2.26. The van der Waals surface area contributed by atoms with E-state index in [0.717, 1.165) is 11.3 Å². The van der Waals surface area contributed by atoms with E-state index >= 15 is 0 Å². The maximum Gasteiger partial charge on any atom is 0.269 e. The molecule has 0 atom stereocenters.